The second kappa shape index (κ2) is 7.26. The summed E-state index contributed by atoms with van der Waals surface area (Å²) in [6, 6.07) is 0.947. The first-order valence-electron chi connectivity index (χ1n) is 8.01. The fourth-order valence-electron chi connectivity index (χ4n) is 2.94. The van der Waals surface area contributed by atoms with Crippen molar-refractivity contribution in [2.24, 2.45) is 7.05 Å². The van der Waals surface area contributed by atoms with Gasteiger partial charge in [-0.25, -0.2) is 4.98 Å². The molecule has 1 fully saturated rings. The first kappa shape index (κ1) is 18.7. The van der Waals surface area contributed by atoms with Crippen LogP contribution in [0.3, 0.4) is 0 Å². The minimum absolute atomic E-state index is 0.0715. The summed E-state index contributed by atoms with van der Waals surface area (Å²) in [7, 11) is 1.72. The zero-order valence-corrected chi connectivity index (χ0v) is 15.5. The second-order valence-corrected chi connectivity index (χ2v) is 7.08. The molecule has 1 saturated heterocycles. The number of nitrogens with one attached hydrogen (secondary N) is 1. The van der Waals surface area contributed by atoms with E-state index >= 15 is 0 Å². The highest BCUT2D eigenvalue weighted by Crippen LogP contribution is 2.37. The number of pyridine rings is 1. The molecule has 0 unspecified atom stereocenters. The van der Waals surface area contributed by atoms with Crippen LogP contribution in [0, 0.1) is 0 Å². The highest BCUT2D eigenvalue weighted by Gasteiger charge is 2.37. The maximum absolute atomic E-state index is 13.3. The van der Waals surface area contributed by atoms with Gasteiger partial charge in [-0.2, -0.15) is 18.3 Å². The molecule has 10 heteroatoms. The van der Waals surface area contributed by atoms with Crippen LogP contribution in [0.1, 0.15) is 28.8 Å². The van der Waals surface area contributed by atoms with Crippen molar-refractivity contribution in [2.45, 2.75) is 25.1 Å². The Bertz CT molecular complexity index is 799. The summed E-state index contributed by atoms with van der Waals surface area (Å²) in [5.74, 6) is -0.299. The van der Waals surface area contributed by atoms with Crippen molar-refractivity contribution in [1.82, 2.24) is 20.1 Å². The molecule has 0 radical (unpaired) electrons. The van der Waals surface area contributed by atoms with Gasteiger partial charge in [-0.05, 0) is 34.8 Å². The van der Waals surface area contributed by atoms with E-state index in [9.17, 15) is 18.0 Å². The van der Waals surface area contributed by atoms with Gasteiger partial charge in [-0.15, -0.1) is 0 Å². The lowest BCUT2D eigenvalue weighted by Gasteiger charge is -2.34. The van der Waals surface area contributed by atoms with Crippen molar-refractivity contribution < 1.29 is 18.0 Å². The van der Waals surface area contributed by atoms with E-state index in [4.69, 9.17) is 0 Å². The number of alkyl halides is 3. The quantitative estimate of drug-likeness (QED) is 0.811. The SMILES string of the molecule is Cn1cc(C(=O)NC2CCN(c3ncc(Br)cc3C(F)(F)F)CC2)cn1. The zero-order valence-electron chi connectivity index (χ0n) is 13.9. The van der Waals surface area contributed by atoms with Gasteiger partial charge in [0.15, 0.2) is 0 Å². The Hall–Kier alpha value is -2.10. The minimum Gasteiger partial charge on any atom is -0.356 e. The van der Waals surface area contributed by atoms with E-state index in [2.05, 4.69) is 31.3 Å². The van der Waals surface area contributed by atoms with Gasteiger partial charge in [0.05, 0.1) is 17.3 Å². The number of piperidine rings is 1. The summed E-state index contributed by atoms with van der Waals surface area (Å²) in [6.07, 6.45) is 1.07. The monoisotopic (exact) mass is 431 g/mol. The van der Waals surface area contributed by atoms with E-state index in [0.29, 0.717) is 31.5 Å². The van der Waals surface area contributed by atoms with Gasteiger partial charge in [0, 0.05) is 43.0 Å². The van der Waals surface area contributed by atoms with Crippen LogP contribution in [0.5, 0.6) is 0 Å². The molecule has 1 N–H and O–H groups in total. The van der Waals surface area contributed by atoms with Crippen LogP contribution in [-0.2, 0) is 13.2 Å². The lowest BCUT2D eigenvalue weighted by Crippen LogP contribution is -2.45. The number of rotatable bonds is 3. The van der Waals surface area contributed by atoms with E-state index in [0.717, 1.165) is 6.07 Å². The minimum atomic E-state index is -4.47. The van der Waals surface area contributed by atoms with Gasteiger partial charge in [0.25, 0.3) is 5.91 Å². The molecule has 0 atom stereocenters. The molecule has 2 aromatic rings. The van der Waals surface area contributed by atoms with Crippen LogP contribution in [0.25, 0.3) is 0 Å². The average molecular weight is 432 g/mol. The first-order chi connectivity index (χ1) is 12.2. The van der Waals surface area contributed by atoms with Crippen molar-refractivity contribution in [3.63, 3.8) is 0 Å². The van der Waals surface area contributed by atoms with E-state index in [1.807, 2.05) is 0 Å². The number of amides is 1. The van der Waals surface area contributed by atoms with Crippen molar-refractivity contribution in [2.75, 3.05) is 18.0 Å². The van der Waals surface area contributed by atoms with Gasteiger partial charge < -0.3 is 10.2 Å². The van der Waals surface area contributed by atoms with Gasteiger partial charge in [-0.3, -0.25) is 9.48 Å². The molecule has 3 rings (SSSR count). The Morgan fingerprint density at radius 3 is 2.58 bits per heavy atom. The lowest BCUT2D eigenvalue weighted by molar-refractivity contribution is -0.137. The average Bonchev–Trinajstić information content (AvgIpc) is 3.01. The zero-order chi connectivity index (χ0) is 18.9. The molecule has 0 saturated carbocycles. The summed E-state index contributed by atoms with van der Waals surface area (Å²) in [4.78, 5) is 17.7. The molecule has 0 spiro atoms. The first-order valence-corrected chi connectivity index (χ1v) is 8.80. The van der Waals surface area contributed by atoms with Gasteiger partial charge in [-0.1, -0.05) is 0 Å². The molecule has 26 heavy (non-hydrogen) atoms. The predicted octanol–water partition coefficient (Wildman–Crippen LogP) is 3.00. The van der Waals surface area contributed by atoms with Crippen LogP contribution in [-0.4, -0.2) is 39.8 Å². The maximum Gasteiger partial charge on any atom is 0.419 e. The third-order valence-corrected chi connectivity index (χ3v) is 4.67. The lowest BCUT2D eigenvalue weighted by atomic mass is 10.0. The molecular formula is C16H17BrF3N5O. The number of hydrogen-bond acceptors (Lipinski definition) is 4. The van der Waals surface area contributed by atoms with Crippen molar-refractivity contribution in [3.8, 4) is 0 Å². The van der Waals surface area contributed by atoms with Crippen LogP contribution < -0.4 is 10.2 Å². The standard InChI is InChI=1S/C16H17BrF3N5O/c1-24-9-10(7-22-24)15(26)23-12-2-4-25(5-3-12)14-13(16(18,19)20)6-11(17)8-21-14/h6-9,12H,2-5H2,1H3,(H,23,26). The Kier molecular flexibility index (Phi) is 5.22. The number of anilines is 1. The highest BCUT2D eigenvalue weighted by molar-refractivity contribution is 9.10. The third-order valence-electron chi connectivity index (χ3n) is 4.24. The number of nitrogens with zero attached hydrogens (tertiary/aromatic N) is 4. The Balaban J connectivity index is 1.65. The van der Waals surface area contributed by atoms with E-state index in [-0.39, 0.29) is 22.2 Å². The summed E-state index contributed by atoms with van der Waals surface area (Å²) >= 11 is 3.04. The Morgan fingerprint density at radius 1 is 1.31 bits per heavy atom. The van der Waals surface area contributed by atoms with Crippen LogP contribution in [0.2, 0.25) is 0 Å². The number of hydrogen-bond donors (Lipinski definition) is 1. The third kappa shape index (κ3) is 4.17. The Labute approximate surface area is 156 Å². The van der Waals surface area contributed by atoms with Gasteiger partial charge in [0.1, 0.15) is 5.82 Å². The van der Waals surface area contributed by atoms with Crippen LogP contribution in [0.15, 0.2) is 29.1 Å². The summed E-state index contributed by atoms with van der Waals surface area (Å²) in [5.41, 5.74) is -0.298. The van der Waals surface area contributed by atoms with Crippen LogP contribution in [0.4, 0.5) is 19.0 Å². The normalized spacial score (nSPS) is 16.0. The van der Waals surface area contributed by atoms with E-state index in [1.54, 1.807) is 18.1 Å². The second-order valence-electron chi connectivity index (χ2n) is 6.16. The number of aryl methyl sites for hydroxylation is 1. The van der Waals surface area contributed by atoms with Gasteiger partial charge in [0.2, 0.25) is 0 Å². The van der Waals surface area contributed by atoms with Crippen molar-refractivity contribution >= 4 is 27.7 Å². The molecule has 2 aromatic heterocycles. The van der Waals surface area contributed by atoms with Gasteiger partial charge >= 0.3 is 6.18 Å². The molecule has 140 valence electrons. The van der Waals surface area contributed by atoms with Crippen molar-refractivity contribution in [3.05, 3.63) is 40.3 Å². The summed E-state index contributed by atoms with van der Waals surface area (Å²) in [6.45, 7) is 0.769. The summed E-state index contributed by atoms with van der Waals surface area (Å²) < 4.78 is 41.6. The summed E-state index contributed by atoms with van der Waals surface area (Å²) in [5, 5.41) is 6.86. The molecule has 1 aliphatic rings. The fourth-order valence-corrected chi connectivity index (χ4v) is 3.27. The number of aromatic nitrogens is 3. The molecule has 1 aliphatic heterocycles. The number of carbonyl (C=O) groups is 1. The largest absolute Gasteiger partial charge is 0.419 e. The maximum atomic E-state index is 13.3. The van der Waals surface area contributed by atoms with E-state index in [1.165, 1.54) is 17.1 Å². The number of carbonyl (C=O) groups excluding carboxylic acids is 1. The molecule has 6 nitrogen and oxygen atoms in total. The Morgan fingerprint density at radius 2 is 2.00 bits per heavy atom. The molecule has 0 bridgehead atoms. The van der Waals surface area contributed by atoms with Crippen LogP contribution >= 0.6 is 15.9 Å². The molecule has 0 aromatic carbocycles. The molecule has 1 amide bonds. The predicted molar refractivity (Wildman–Crippen MR) is 92.8 cm³/mol. The fraction of sp³-hybridized carbons (Fsp3) is 0.438. The molecule has 3 heterocycles. The molecular weight excluding hydrogens is 415 g/mol. The van der Waals surface area contributed by atoms with E-state index < -0.39 is 11.7 Å². The number of halogens is 4. The molecule has 0 aliphatic carbocycles. The van der Waals surface area contributed by atoms with Crippen molar-refractivity contribution in [1.29, 1.82) is 0 Å². The highest BCUT2D eigenvalue weighted by atomic mass is 79.9. The smallest absolute Gasteiger partial charge is 0.356 e. The topological polar surface area (TPSA) is 63.1 Å².